The number of carbonyl (C=O) groups excluding carboxylic acids is 2. The van der Waals surface area contributed by atoms with E-state index >= 15 is 0 Å². The first-order chi connectivity index (χ1) is 15.2. The molecule has 7 heteroatoms. The summed E-state index contributed by atoms with van der Waals surface area (Å²) in [6.45, 7) is 8.87. The van der Waals surface area contributed by atoms with E-state index < -0.39 is 0 Å². The van der Waals surface area contributed by atoms with Crippen molar-refractivity contribution in [3.05, 3.63) is 39.8 Å². The minimum Gasteiger partial charge on any atom is -0.493 e. The molecule has 0 aliphatic heterocycles. The highest BCUT2D eigenvalue weighted by Crippen LogP contribution is 2.44. The summed E-state index contributed by atoms with van der Waals surface area (Å²) in [6, 6.07) is 5.40. The minimum absolute atomic E-state index is 0.163. The van der Waals surface area contributed by atoms with Crippen LogP contribution in [0.5, 0.6) is 11.5 Å². The smallest absolute Gasteiger partial charge is 0.341 e. The zero-order valence-corrected chi connectivity index (χ0v) is 20.6. The summed E-state index contributed by atoms with van der Waals surface area (Å²) in [4.78, 5) is 26.8. The number of benzene rings is 1. The summed E-state index contributed by atoms with van der Waals surface area (Å²) in [5.41, 5.74) is 2.56. The molecule has 6 nitrogen and oxygen atoms in total. The standard InChI is InChI=1S/C25H33NO5S/c1-7-31-24(28)22-17-10-9-16(25(2,3)4)14-20(17)32-23(22)26-21(27)13-15-8-11-18(29-5)19(12-15)30-6/h8,11-12,16H,7,9-10,13-14H2,1-6H3,(H,26,27). The number of amides is 1. The van der Waals surface area contributed by atoms with Crippen molar-refractivity contribution in [2.75, 3.05) is 26.1 Å². The van der Waals surface area contributed by atoms with Crippen LogP contribution in [0.2, 0.25) is 0 Å². The average molecular weight is 460 g/mol. The van der Waals surface area contributed by atoms with Gasteiger partial charge in [-0.25, -0.2) is 4.79 Å². The van der Waals surface area contributed by atoms with Crippen molar-refractivity contribution in [1.82, 2.24) is 0 Å². The molecule has 0 spiro atoms. The molecule has 1 N–H and O–H groups in total. The van der Waals surface area contributed by atoms with Gasteiger partial charge in [0.1, 0.15) is 5.00 Å². The Morgan fingerprint density at radius 2 is 1.88 bits per heavy atom. The Hall–Kier alpha value is -2.54. The lowest BCUT2D eigenvalue weighted by Crippen LogP contribution is -2.26. The Kier molecular flexibility index (Phi) is 7.49. The van der Waals surface area contributed by atoms with Crippen LogP contribution in [-0.4, -0.2) is 32.7 Å². The van der Waals surface area contributed by atoms with Crippen molar-refractivity contribution in [2.45, 2.75) is 53.4 Å². The zero-order chi connectivity index (χ0) is 23.5. The van der Waals surface area contributed by atoms with E-state index in [2.05, 4.69) is 26.1 Å². The van der Waals surface area contributed by atoms with E-state index in [1.54, 1.807) is 33.3 Å². The molecular weight excluding hydrogens is 426 g/mol. The molecule has 1 aliphatic carbocycles. The maximum atomic E-state index is 12.9. The molecule has 1 aliphatic rings. The molecule has 0 bridgehead atoms. The van der Waals surface area contributed by atoms with Gasteiger partial charge in [-0.3, -0.25) is 4.79 Å². The Bertz CT molecular complexity index is 989. The summed E-state index contributed by atoms with van der Waals surface area (Å²) >= 11 is 1.51. The van der Waals surface area contributed by atoms with Crippen molar-refractivity contribution < 1.29 is 23.8 Å². The van der Waals surface area contributed by atoms with Gasteiger partial charge in [0.15, 0.2) is 11.5 Å². The highest BCUT2D eigenvalue weighted by molar-refractivity contribution is 7.17. The van der Waals surface area contributed by atoms with E-state index in [1.165, 1.54) is 16.2 Å². The third-order valence-corrected chi connectivity index (χ3v) is 7.20. The average Bonchev–Trinajstić information content (AvgIpc) is 3.09. The number of ether oxygens (including phenoxy) is 3. The van der Waals surface area contributed by atoms with Crippen LogP contribution in [0.1, 0.15) is 60.5 Å². The van der Waals surface area contributed by atoms with Gasteiger partial charge in [0.2, 0.25) is 5.91 Å². The van der Waals surface area contributed by atoms with Crippen LogP contribution in [0.4, 0.5) is 5.00 Å². The van der Waals surface area contributed by atoms with Gasteiger partial charge in [-0.05, 0) is 60.8 Å². The number of carbonyl (C=O) groups is 2. The van der Waals surface area contributed by atoms with Gasteiger partial charge in [0.25, 0.3) is 0 Å². The van der Waals surface area contributed by atoms with Gasteiger partial charge in [0.05, 0.1) is 32.8 Å². The lowest BCUT2D eigenvalue weighted by atomic mass is 9.72. The Balaban J connectivity index is 1.84. The molecule has 1 amide bonds. The molecule has 174 valence electrons. The minimum atomic E-state index is -0.361. The Labute approximate surface area is 194 Å². The van der Waals surface area contributed by atoms with Gasteiger partial charge in [-0.2, -0.15) is 0 Å². The van der Waals surface area contributed by atoms with Crippen molar-refractivity contribution in [2.24, 2.45) is 11.3 Å². The maximum Gasteiger partial charge on any atom is 0.341 e. The molecule has 0 radical (unpaired) electrons. The molecule has 32 heavy (non-hydrogen) atoms. The first-order valence-corrected chi connectivity index (χ1v) is 11.8. The molecule has 3 rings (SSSR count). The van der Waals surface area contributed by atoms with Crippen molar-refractivity contribution in [3.63, 3.8) is 0 Å². The fourth-order valence-corrected chi connectivity index (χ4v) is 5.51. The largest absolute Gasteiger partial charge is 0.493 e. The van der Waals surface area contributed by atoms with Crippen LogP contribution >= 0.6 is 11.3 Å². The lowest BCUT2D eigenvalue weighted by molar-refractivity contribution is -0.115. The number of thiophene rings is 1. The summed E-state index contributed by atoms with van der Waals surface area (Å²) in [5.74, 6) is 1.18. The number of methoxy groups -OCH3 is 2. The van der Waals surface area contributed by atoms with E-state index in [-0.39, 0.29) is 23.7 Å². The fraction of sp³-hybridized carbons (Fsp3) is 0.520. The highest BCUT2D eigenvalue weighted by atomic mass is 32.1. The number of hydrogen-bond donors (Lipinski definition) is 1. The van der Waals surface area contributed by atoms with Crippen molar-refractivity contribution in [3.8, 4) is 11.5 Å². The predicted molar refractivity (Wildman–Crippen MR) is 127 cm³/mol. The first kappa shape index (κ1) is 24.1. The van der Waals surface area contributed by atoms with Gasteiger partial charge >= 0.3 is 5.97 Å². The van der Waals surface area contributed by atoms with Gasteiger partial charge in [-0.1, -0.05) is 26.8 Å². The number of esters is 1. The van der Waals surface area contributed by atoms with Crippen LogP contribution < -0.4 is 14.8 Å². The Morgan fingerprint density at radius 3 is 2.50 bits per heavy atom. The molecule has 0 fully saturated rings. The molecule has 0 saturated heterocycles. The van der Waals surface area contributed by atoms with Crippen molar-refractivity contribution >= 4 is 28.2 Å². The van der Waals surface area contributed by atoms with Gasteiger partial charge < -0.3 is 19.5 Å². The topological polar surface area (TPSA) is 73.9 Å². The normalized spacial score (nSPS) is 15.6. The Morgan fingerprint density at radius 1 is 1.16 bits per heavy atom. The first-order valence-electron chi connectivity index (χ1n) is 11.0. The van der Waals surface area contributed by atoms with Crippen LogP contribution in [0.25, 0.3) is 0 Å². The number of nitrogens with one attached hydrogen (secondary N) is 1. The lowest BCUT2D eigenvalue weighted by Gasteiger charge is -2.33. The monoisotopic (exact) mass is 459 g/mol. The second kappa shape index (κ2) is 9.94. The molecule has 1 unspecified atom stereocenters. The van der Waals surface area contributed by atoms with E-state index in [4.69, 9.17) is 14.2 Å². The quantitative estimate of drug-likeness (QED) is 0.571. The third-order valence-electron chi connectivity index (χ3n) is 6.04. The van der Waals surface area contributed by atoms with Crippen LogP contribution in [0.15, 0.2) is 18.2 Å². The van der Waals surface area contributed by atoms with E-state index in [9.17, 15) is 9.59 Å². The molecule has 2 aromatic rings. The summed E-state index contributed by atoms with van der Waals surface area (Å²) in [7, 11) is 3.14. The van der Waals surface area contributed by atoms with Crippen LogP contribution in [0.3, 0.4) is 0 Å². The zero-order valence-electron chi connectivity index (χ0n) is 19.8. The molecule has 1 aromatic heterocycles. The molecule has 1 heterocycles. The predicted octanol–water partition coefficient (Wildman–Crippen LogP) is 5.27. The number of fused-ring (bicyclic) bond motifs is 1. The summed E-state index contributed by atoms with van der Waals surface area (Å²) in [5, 5.41) is 3.57. The maximum absolute atomic E-state index is 12.9. The summed E-state index contributed by atoms with van der Waals surface area (Å²) in [6.07, 6.45) is 2.93. The van der Waals surface area contributed by atoms with E-state index in [1.807, 2.05) is 6.07 Å². The third kappa shape index (κ3) is 5.26. The van der Waals surface area contributed by atoms with Crippen LogP contribution in [-0.2, 0) is 28.8 Å². The molecular formula is C25H33NO5S. The highest BCUT2D eigenvalue weighted by Gasteiger charge is 2.34. The second-order valence-electron chi connectivity index (χ2n) is 9.15. The molecule has 1 atom stereocenters. The SMILES string of the molecule is CCOC(=O)c1c(NC(=O)Cc2ccc(OC)c(OC)c2)sc2c1CCC(C(C)(C)C)C2. The van der Waals surface area contributed by atoms with E-state index in [0.717, 1.165) is 30.4 Å². The second-order valence-corrected chi connectivity index (χ2v) is 10.3. The molecule has 1 aromatic carbocycles. The fourth-order valence-electron chi connectivity index (χ4n) is 4.18. The van der Waals surface area contributed by atoms with Crippen molar-refractivity contribution in [1.29, 1.82) is 0 Å². The van der Waals surface area contributed by atoms with Gasteiger partial charge in [0, 0.05) is 4.88 Å². The number of anilines is 1. The number of rotatable bonds is 7. The van der Waals surface area contributed by atoms with Gasteiger partial charge in [-0.15, -0.1) is 11.3 Å². The van der Waals surface area contributed by atoms with E-state index in [0.29, 0.717) is 34.6 Å². The number of hydrogen-bond acceptors (Lipinski definition) is 6. The molecule has 0 saturated carbocycles. The summed E-state index contributed by atoms with van der Waals surface area (Å²) < 4.78 is 15.9. The van der Waals surface area contributed by atoms with Crippen LogP contribution in [0, 0.1) is 11.3 Å².